The number of rotatable bonds is 4. The van der Waals surface area contributed by atoms with Gasteiger partial charge in [-0.15, -0.1) is 0 Å². The fourth-order valence-electron chi connectivity index (χ4n) is 3.55. The molecule has 3 aromatic heterocycles. The Bertz CT molecular complexity index is 995. The monoisotopic (exact) mass is 405 g/mol. The number of hydrogen-bond acceptors (Lipinski definition) is 6. The van der Waals surface area contributed by atoms with E-state index in [0.717, 1.165) is 25.1 Å². The van der Waals surface area contributed by atoms with Gasteiger partial charge >= 0.3 is 0 Å². The second kappa shape index (κ2) is 8.22. The van der Waals surface area contributed by atoms with Crippen molar-refractivity contribution < 1.29 is 4.79 Å². The summed E-state index contributed by atoms with van der Waals surface area (Å²) in [6.07, 6.45) is 6.93. The minimum Gasteiger partial charge on any atom is -0.340 e. The van der Waals surface area contributed by atoms with Gasteiger partial charge in [-0.05, 0) is 31.0 Å². The van der Waals surface area contributed by atoms with Crippen molar-refractivity contribution in [1.29, 1.82) is 0 Å². The number of nitrogens with zero attached hydrogens (tertiary/aromatic N) is 6. The van der Waals surface area contributed by atoms with E-state index in [4.69, 9.17) is 5.10 Å². The van der Waals surface area contributed by atoms with Crippen LogP contribution in [0.4, 0.5) is 11.8 Å². The van der Waals surface area contributed by atoms with Gasteiger partial charge in [0.2, 0.25) is 11.9 Å². The Kier molecular flexibility index (Phi) is 5.48. The van der Waals surface area contributed by atoms with Crippen LogP contribution in [0.5, 0.6) is 0 Å². The average molecular weight is 406 g/mol. The highest BCUT2D eigenvalue weighted by molar-refractivity contribution is 5.92. The first kappa shape index (κ1) is 20.0. The van der Waals surface area contributed by atoms with Gasteiger partial charge in [0.15, 0.2) is 5.82 Å². The average Bonchev–Trinajstić information content (AvgIpc) is 3.19. The first-order valence-electron chi connectivity index (χ1n) is 10.3. The van der Waals surface area contributed by atoms with Crippen molar-refractivity contribution in [3.63, 3.8) is 0 Å². The number of carbonyl (C=O) groups is 1. The third kappa shape index (κ3) is 4.32. The predicted octanol–water partition coefficient (Wildman–Crippen LogP) is 3.21. The highest BCUT2D eigenvalue weighted by Gasteiger charge is 2.29. The van der Waals surface area contributed by atoms with Crippen LogP contribution >= 0.6 is 0 Å². The SMILES string of the molecule is CC(C)(C)c1cc(NC(=O)C2CCCN(c3ncccn3)C2)n(-c2ccccn2)n1. The minimum absolute atomic E-state index is 0.0202. The number of nitrogens with one attached hydrogen (secondary N) is 1. The molecule has 8 nitrogen and oxygen atoms in total. The second-order valence-corrected chi connectivity index (χ2v) is 8.59. The topological polar surface area (TPSA) is 88.8 Å². The van der Waals surface area contributed by atoms with E-state index in [1.54, 1.807) is 29.3 Å². The van der Waals surface area contributed by atoms with Gasteiger partial charge in [-0.25, -0.2) is 15.0 Å². The van der Waals surface area contributed by atoms with Gasteiger partial charge in [0.1, 0.15) is 5.82 Å². The van der Waals surface area contributed by atoms with Crippen molar-refractivity contribution in [2.45, 2.75) is 39.0 Å². The molecule has 0 spiro atoms. The van der Waals surface area contributed by atoms with Crippen LogP contribution in [-0.4, -0.2) is 43.7 Å². The Morgan fingerprint density at radius 1 is 1.10 bits per heavy atom. The molecule has 1 saturated heterocycles. The number of carbonyl (C=O) groups excluding carboxylic acids is 1. The van der Waals surface area contributed by atoms with Gasteiger partial charge in [-0.3, -0.25) is 4.79 Å². The first-order valence-corrected chi connectivity index (χ1v) is 10.3. The van der Waals surface area contributed by atoms with E-state index in [9.17, 15) is 4.79 Å². The second-order valence-electron chi connectivity index (χ2n) is 8.59. The molecule has 1 N–H and O–H groups in total. The Balaban J connectivity index is 1.56. The van der Waals surface area contributed by atoms with Gasteiger partial charge < -0.3 is 10.2 Å². The lowest BCUT2D eigenvalue weighted by Crippen LogP contribution is -2.41. The van der Waals surface area contributed by atoms with Crippen molar-refractivity contribution in [2.24, 2.45) is 5.92 Å². The normalized spacial score (nSPS) is 17.0. The number of hydrogen-bond donors (Lipinski definition) is 1. The lowest BCUT2D eigenvalue weighted by atomic mass is 9.92. The predicted molar refractivity (Wildman–Crippen MR) is 116 cm³/mol. The van der Waals surface area contributed by atoms with Crippen LogP contribution in [0.3, 0.4) is 0 Å². The Labute approximate surface area is 176 Å². The van der Waals surface area contributed by atoms with Crippen molar-refractivity contribution in [1.82, 2.24) is 24.7 Å². The van der Waals surface area contributed by atoms with Crippen molar-refractivity contribution in [3.05, 3.63) is 54.6 Å². The molecule has 1 aliphatic rings. The van der Waals surface area contributed by atoms with Crippen molar-refractivity contribution >= 4 is 17.7 Å². The zero-order chi connectivity index (χ0) is 21.1. The van der Waals surface area contributed by atoms with Crippen LogP contribution in [0.2, 0.25) is 0 Å². The van der Waals surface area contributed by atoms with Crippen LogP contribution in [0, 0.1) is 5.92 Å². The highest BCUT2D eigenvalue weighted by atomic mass is 16.2. The molecule has 4 heterocycles. The first-order chi connectivity index (χ1) is 14.4. The maximum absolute atomic E-state index is 13.1. The summed E-state index contributed by atoms with van der Waals surface area (Å²) >= 11 is 0. The summed E-state index contributed by atoms with van der Waals surface area (Å²) in [7, 11) is 0. The molecule has 1 atom stereocenters. The van der Waals surface area contributed by atoms with E-state index in [0.29, 0.717) is 24.1 Å². The summed E-state index contributed by atoms with van der Waals surface area (Å²) in [6, 6.07) is 9.38. The summed E-state index contributed by atoms with van der Waals surface area (Å²) in [5.74, 6) is 1.81. The highest BCUT2D eigenvalue weighted by Crippen LogP contribution is 2.27. The van der Waals surface area contributed by atoms with Gasteiger partial charge in [0, 0.05) is 43.2 Å². The Morgan fingerprint density at radius 2 is 1.87 bits per heavy atom. The summed E-state index contributed by atoms with van der Waals surface area (Å²) in [5.41, 5.74) is 0.748. The third-order valence-corrected chi connectivity index (χ3v) is 5.22. The van der Waals surface area contributed by atoms with Gasteiger partial charge in [-0.2, -0.15) is 9.78 Å². The Hall–Kier alpha value is -3.29. The molecule has 1 amide bonds. The van der Waals surface area contributed by atoms with E-state index in [-0.39, 0.29) is 17.2 Å². The molecule has 1 unspecified atom stereocenters. The Morgan fingerprint density at radius 3 is 2.57 bits per heavy atom. The molecule has 0 radical (unpaired) electrons. The number of pyridine rings is 1. The quantitative estimate of drug-likeness (QED) is 0.717. The molecular formula is C22H27N7O. The maximum Gasteiger partial charge on any atom is 0.230 e. The zero-order valence-electron chi connectivity index (χ0n) is 17.6. The smallest absolute Gasteiger partial charge is 0.230 e. The zero-order valence-corrected chi connectivity index (χ0v) is 17.6. The number of piperidine rings is 1. The van der Waals surface area contributed by atoms with E-state index in [2.05, 4.69) is 45.9 Å². The molecule has 0 aromatic carbocycles. The van der Waals surface area contributed by atoms with Crippen LogP contribution < -0.4 is 10.2 Å². The molecule has 4 rings (SSSR count). The van der Waals surface area contributed by atoms with Gasteiger partial charge in [0.25, 0.3) is 0 Å². The molecule has 1 fully saturated rings. The number of amides is 1. The molecule has 8 heteroatoms. The lowest BCUT2D eigenvalue weighted by molar-refractivity contribution is -0.120. The van der Waals surface area contributed by atoms with Gasteiger partial charge in [0.05, 0.1) is 11.6 Å². The number of anilines is 2. The molecule has 3 aromatic rings. The molecule has 0 saturated carbocycles. The van der Waals surface area contributed by atoms with Gasteiger partial charge in [-0.1, -0.05) is 26.8 Å². The molecule has 1 aliphatic heterocycles. The van der Waals surface area contributed by atoms with E-state index in [1.807, 2.05) is 24.3 Å². The molecule has 0 aliphatic carbocycles. The van der Waals surface area contributed by atoms with Crippen LogP contribution in [0.25, 0.3) is 5.82 Å². The van der Waals surface area contributed by atoms with Crippen LogP contribution in [-0.2, 0) is 10.2 Å². The van der Waals surface area contributed by atoms with E-state index in [1.165, 1.54) is 0 Å². The summed E-state index contributed by atoms with van der Waals surface area (Å²) in [6.45, 7) is 7.75. The fourth-order valence-corrected chi connectivity index (χ4v) is 3.55. The van der Waals surface area contributed by atoms with Crippen LogP contribution in [0.15, 0.2) is 48.9 Å². The molecule has 30 heavy (non-hydrogen) atoms. The van der Waals surface area contributed by atoms with E-state index < -0.39 is 0 Å². The lowest BCUT2D eigenvalue weighted by Gasteiger charge is -2.31. The molecule has 156 valence electrons. The summed E-state index contributed by atoms with van der Waals surface area (Å²) < 4.78 is 1.71. The van der Waals surface area contributed by atoms with E-state index >= 15 is 0 Å². The fraction of sp³-hybridized carbons (Fsp3) is 0.409. The molecular weight excluding hydrogens is 378 g/mol. The largest absolute Gasteiger partial charge is 0.340 e. The van der Waals surface area contributed by atoms with Crippen LogP contribution in [0.1, 0.15) is 39.3 Å². The summed E-state index contributed by atoms with van der Waals surface area (Å²) in [5, 5.41) is 7.82. The maximum atomic E-state index is 13.1. The summed E-state index contributed by atoms with van der Waals surface area (Å²) in [4.78, 5) is 28.3. The standard InChI is InChI=1S/C22H27N7O/c1-22(2,3)17-14-19(29(27-17)18-9-4-5-10-23-18)26-20(30)16-8-6-13-28(15-16)21-24-11-7-12-25-21/h4-5,7,9-12,14,16H,6,8,13,15H2,1-3H3,(H,26,30). The third-order valence-electron chi connectivity index (χ3n) is 5.22. The minimum atomic E-state index is -0.147. The van der Waals surface area contributed by atoms with Crippen molar-refractivity contribution in [2.75, 3.05) is 23.3 Å². The van der Waals surface area contributed by atoms with Crippen molar-refractivity contribution in [3.8, 4) is 5.82 Å². The molecule has 0 bridgehead atoms. The number of aromatic nitrogens is 5.